The predicted octanol–water partition coefficient (Wildman–Crippen LogP) is 3.36. The highest BCUT2D eigenvalue weighted by Crippen LogP contribution is 2.21. The Morgan fingerprint density at radius 2 is 2.12 bits per heavy atom. The van der Waals surface area contributed by atoms with E-state index in [0.717, 1.165) is 19.1 Å². The molecular weight excluding hydrogens is 198 g/mol. The predicted molar refractivity (Wildman–Crippen MR) is 69.7 cm³/mol. The Morgan fingerprint density at radius 1 is 1.31 bits per heavy atom. The normalized spacial score (nSPS) is 26.2. The summed E-state index contributed by atoms with van der Waals surface area (Å²) in [6.07, 6.45) is 8.18. The van der Waals surface area contributed by atoms with Gasteiger partial charge in [-0.05, 0) is 51.0 Å². The summed E-state index contributed by atoms with van der Waals surface area (Å²) in [5.74, 6) is 0.810. The Morgan fingerprint density at radius 3 is 2.81 bits per heavy atom. The van der Waals surface area contributed by atoms with Gasteiger partial charge in [0, 0.05) is 12.6 Å². The molecule has 2 heteroatoms. The van der Waals surface area contributed by atoms with Gasteiger partial charge in [-0.3, -0.25) is 0 Å². The first-order chi connectivity index (χ1) is 7.72. The summed E-state index contributed by atoms with van der Waals surface area (Å²) in [6.45, 7) is 8.79. The molecule has 1 saturated carbocycles. The molecule has 0 aromatic heterocycles. The standard InChI is InChI=1S/C14H29NO/c1-4-15-13-8-5-9-14(11-13)16-10-6-7-12(2)3/h12-15H,4-11H2,1-3H3. The van der Waals surface area contributed by atoms with Crippen LogP contribution in [0.2, 0.25) is 0 Å². The second-order valence-corrected chi connectivity index (χ2v) is 5.45. The summed E-state index contributed by atoms with van der Waals surface area (Å²) in [5.41, 5.74) is 0. The van der Waals surface area contributed by atoms with Gasteiger partial charge in [-0.1, -0.05) is 20.8 Å². The summed E-state index contributed by atoms with van der Waals surface area (Å²) < 4.78 is 5.97. The highest BCUT2D eigenvalue weighted by Gasteiger charge is 2.21. The van der Waals surface area contributed by atoms with Gasteiger partial charge in [0.15, 0.2) is 0 Å². The molecular formula is C14H29NO. The lowest BCUT2D eigenvalue weighted by atomic mass is 9.93. The molecule has 2 unspecified atom stereocenters. The van der Waals surface area contributed by atoms with Crippen molar-refractivity contribution in [2.75, 3.05) is 13.2 Å². The molecule has 0 aromatic rings. The SMILES string of the molecule is CCNC1CCCC(OCCCC(C)C)C1. The van der Waals surface area contributed by atoms with Gasteiger partial charge >= 0.3 is 0 Å². The molecule has 2 atom stereocenters. The molecule has 2 nitrogen and oxygen atoms in total. The van der Waals surface area contributed by atoms with Crippen LogP contribution in [0.4, 0.5) is 0 Å². The van der Waals surface area contributed by atoms with E-state index < -0.39 is 0 Å². The van der Waals surface area contributed by atoms with Gasteiger partial charge in [-0.25, -0.2) is 0 Å². The first kappa shape index (κ1) is 14.0. The van der Waals surface area contributed by atoms with Crippen molar-refractivity contribution >= 4 is 0 Å². The second-order valence-electron chi connectivity index (χ2n) is 5.45. The van der Waals surface area contributed by atoms with Gasteiger partial charge in [-0.15, -0.1) is 0 Å². The summed E-state index contributed by atoms with van der Waals surface area (Å²) in [5, 5.41) is 3.54. The first-order valence-corrected chi connectivity index (χ1v) is 7.07. The van der Waals surface area contributed by atoms with Gasteiger partial charge in [-0.2, -0.15) is 0 Å². The average molecular weight is 227 g/mol. The molecule has 1 N–H and O–H groups in total. The molecule has 0 saturated heterocycles. The van der Waals surface area contributed by atoms with Crippen LogP contribution in [0.25, 0.3) is 0 Å². The minimum atomic E-state index is 0.518. The Bertz CT molecular complexity index is 168. The minimum absolute atomic E-state index is 0.518. The summed E-state index contributed by atoms with van der Waals surface area (Å²) in [6, 6.07) is 0.703. The lowest BCUT2D eigenvalue weighted by Gasteiger charge is -2.29. The maximum Gasteiger partial charge on any atom is 0.0590 e. The largest absolute Gasteiger partial charge is 0.378 e. The van der Waals surface area contributed by atoms with E-state index in [4.69, 9.17) is 4.74 Å². The van der Waals surface area contributed by atoms with Gasteiger partial charge in [0.1, 0.15) is 0 Å². The fourth-order valence-electron chi connectivity index (χ4n) is 2.51. The molecule has 0 heterocycles. The maximum atomic E-state index is 5.97. The van der Waals surface area contributed by atoms with Crippen LogP contribution in [0.3, 0.4) is 0 Å². The molecule has 0 aliphatic heterocycles. The smallest absolute Gasteiger partial charge is 0.0590 e. The molecule has 0 spiro atoms. The van der Waals surface area contributed by atoms with Crippen molar-refractivity contribution in [2.45, 2.75) is 71.4 Å². The van der Waals surface area contributed by atoms with Crippen LogP contribution in [0.5, 0.6) is 0 Å². The molecule has 96 valence electrons. The molecule has 0 amide bonds. The third kappa shape index (κ3) is 5.86. The van der Waals surface area contributed by atoms with E-state index in [1.165, 1.54) is 38.5 Å². The Kier molecular flexibility index (Phi) is 7.06. The van der Waals surface area contributed by atoms with E-state index in [1.807, 2.05) is 0 Å². The number of hydrogen-bond acceptors (Lipinski definition) is 2. The first-order valence-electron chi connectivity index (χ1n) is 7.07. The van der Waals surface area contributed by atoms with Gasteiger partial charge in [0.25, 0.3) is 0 Å². The third-order valence-electron chi connectivity index (χ3n) is 3.40. The molecule has 1 aliphatic rings. The van der Waals surface area contributed by atoms with E-state index in [9.17, 15) is 0 Å². The quantitative estimate of drug-likeness (QED) is 0.673. The Balaban J connectivity index is 2.07. The van der Waals surface area contributed by atoms with Gasteiger partial charge in [0.05, 0.1) is 6.10 Å². The fourth-order valence-corrected chi connectivity index (χ4v) is 2.51. The Hall–Kier alpha value is -0.0800. The van der Waals surface area contributed by atoms with Gasteiger partial charge < -0.3 is 10.1 Å². The summed E-state index contributed by atoms with van der Waals surface area (Å²) >= 11 is 0. The average Bonchev–Trinajstić information content (AvgIpc) is 2.25. The zero-order valence-corrected chi connectivity index (χ0v) is 11.3. The maximum absolute atomic E-state index is 5.97. The van der Waals surface area contributed by atoms with E-state index in [0.29, 0.717) is 12.1 Å². The zero-order valence-electron chi connectivity index (χ0n) is 11.3. The van der Waals surface area contributed by atoms with Gasteiger partial charge in [0.2, 0.25) is 0 Å². The lowest BCUT2D eigenvalue weighted by molar-refractivity contribution is 0.0170. The van der Waals surface area contributed by atoms with E-state index in [-0.39, 0.29) is 0 Å². The number of nitrogens with one attached hydrogen (secondary N) is 1. The van der Waals surface area contributed by atoms with Crippen LogP contribution in [0, 0.1) is 5.92 Å². The molecule has 1 rings (SSSR count). The van der Waals surface area contributed by atoms with E-state index in [2.05, 4.69) is 26.1 Å². The van der Waals surface area contributed by atoms with Crippen molar-refractivity contribution in [3.8, 4) is 0 Å². The molecule has 16 heavy (non-hydrogen) atoms. The van der Waals surface area contributed by atoms with Crippen molar-refractivity contribution in [3.63, 3.8) is 0 Å². The molecule has 0 aromatic carbocycles. The second kappa shape index (κ2) is 8.08. The molecule has 1 fully saturated rings. The highest BCUT2D eigenvalue weighted by molar-refractivity contribution is 4.77. The number of rotatable bonds is 7. The number of ether oxygens (including phenoxy) is 1. The van der Waals surface area contributed by atoms with Crippen molar-refractivity contribution in [2.24, 2.45) is 5.92 Å². The zero-order chi connectivity index (χ0) is 11.8. The van der Waals surface area contributed by atoms with Crippen molar-refractivity contribution in [3.05, 3.63) is 0 Å². The number of hydrogen-bond donors (Lipinski definition) is 1. The van der Waals surface area contributed by atoms with Crippen LogP contribution in [-0.2, 0) is 4.74 Å². The van der Waals surface area contributed by atoms with Crippen LogP contribution in [-0.4, -0.2) is 25.3 Å². The van der Waals surface area contributed by atoms with Crippen LogP contribution in [0.1, 0.15) is 59.3 Å². The summed E-state index contributed by atoms with van der Waals surface area (Å²) in [4.78, 5) is 0. The minimum Gasteiger partial charge on any atom is -0.378 e. The molecule has 0 radical (unpaired) electrons. The van der Waals surface area contributed by atoms with E-state index >= 15 is 0 Å². The topological polar surface area (TPSA) is 21.3 Å². The van der Waals surface area contributed by atoms with Crippen molar-refractivity contribution < 1.29 is 4.74 Å². The van der Waals surface area contributed by atoms with Crippen molar-refractivity contribution in [1.82, 2.24) is 5.32 Å². The molecule has 1 aliphatic carbocycles. The monoisotopic (exact) mass is 227 g/mol. The Labute approximate surface area is 101 Å². The third-order valence-corrected chi connectivity index (χ3v) is 3.40. The fraction of sp³-hybridized carbons (Fsp3) is 1.00. The van der Waals surface area contributed by atoms with E-state index in [1.54, 1.807) is 0 Å². The van der Waals surface area contributed by atoms with Crippen LogP contribution >= 0.6 is 0 Å². The van der Waals surface area contributed by atoms with Crippen LogP contribution in [0.15, 0.2) is 0 Å². The summed E-state index contributed by atoms with van der Waals surface area (Å²) in [7, 11) is 0. The molecule has 0 bridgehead atoms. The highest BCUT2D eigenvalue weighted by atomic mass is 16.5. The van der Waals surface area contributed by atoms with Crippen molar-refractivity contribution in [1.29, 1.82) is 0 Å². The van der Waals surface area contributed by atoms with Crippen LogP contribution < -0.4 is 5.32 Å². The lowest BCUT2D eigenvalue weighted by Crippen LogP contribution is -2.36.